The molecule has 3 nitrogen and oxygen atoms in total. The van der Waals surface area contributed by atoms with Gasteiger partial charge in [0.25, 0.3) is 0 Å². The van der Waals surface area contributed by atoms with E-state index in [2.05, 4.69) is 5.10 Å². The third-order valence-corrected chi connectivity index (χ3v) is 2.26. The second kappa shape index (κ2) is 4.88. The Morgan fingerprint density at radius 2 is 2.14 bits per heavy atom. The van der Waals surface area contributed by atoms with E-state index in [1.165, 1.54) is 0 Å². The molecule has 0 atom stereocenters. The monoisotopic (exact) mass is 198 g/mol. The van der Waals surface area contributed by atoms with Crippen LogP contribution in [0.3, 0.4) is 0 Å². The molecule has 1 aromatic heterocycles. The number of nitrogens with zero attached hydrogens (tertiary/aromatic N) is 2. The quantitative estimate of drug-likeness (QED) is 0.676. The Bertz CT molecular complexity index is 320. The Kier molecular flexibility index (Phi) is 3.80. The minimum atomic E-state index is -0.448. The summed E-state index contributed by atoms with van der Waals surface area (Å²) in [4.78, 5) is 10.8. The standard InChI is InChI=1S/C10H15FN2O/c1-3-9-8(7-14)10(4-2)13(12-9)6-5-11/h7H,3-6H2,1-2H3. The summed E-state index contributed by atoms with van der Waals surface area (Å²) in [6.07, 6.45) is 2.24. The average Bonchev–Trinajstić information content (AvgIpc) is 2.55. The van der Waals surface area contributed by atoms with Crippen molar-refractivity contribution >= 4 is 6.29 Å². The first-order valence-electron chi connectivity index (χ1n) is 4.88. The molecule has 1 aromatic rings. The highest BCUT2D eigenvalue weighted by molar-refractivity contribution is 5.78. The first kappa shape index (κ1) is 10.9. The van der Waals surface area contributed by atoms with Crippen molar-refractivity contribution in [1.29, 1.82) is 0 Å². The first-order chi connectivity index (χ1) is 6.78. The summed E-state index contributed by atoms with van der Waals surface area (Å²) >= 11 is 0. The Hall–Kier alpha value is -1.19. The molecule has 4 heteroatoms. The Labute approximate surface area is 82.9 Å². The minimum absolute atomic E-state index is 0.240. The van der Waals surface area contributed by atoms with Crippen LogP contribution >= 0.6 is 0 Å². The van der Waals surface area contributed by atoms with Gasteiger partial charge in [-0.05, 0) is 12.8 Å². The number of hydrogen-bond acceptors (Lipinski definition) is 2. The van der Waals surface area contributed by atoms with Gasteiger partial charge in [-0.15, -0.1) is 0 Å². The van der Waals surface area contributed by atoms with E-state index in [1.807, 2.05) is 13.8 Å². The molecular formula is C10H15FN2O. The molecule has 0 spiro atoms. The summed E-state index contributed by atoms with van der Waals surface area (Å²) < 4.78 is 13.8. The van der Waals surface area contributed by atoms with Gasteiger partial charge in [0.1, 0.15) is 6.67 Å². The highest BCUT2D eigenvalue weighted by Crippen LogP contribution is 2.13. The largest absolute Gasteiger partial charge is 0.298 e. The van der Waals surface area contributed by atoms with Gasteiger partial charge in [0.05, 0.1) is 17.8 Å². The molecule has 0 fully saturated rings. The normalized spacial score (nSPS) is 10.5. The third kappa shape index (κ3) is 1.84. The molecule has 0 aromatic carbocycles. The SMILES string of the molecule is CCc1nn(CCF)c(CC)c1C=O. The Morgan fingerprint density at radius 1 is 1.43 bits per heavy atom. The summed E-state index contributed by atoms with van der Waals surface area (Å²) in [6, 6.07) is 0. The minimum Gasteiger partial charge on any atom is -0.298 e. The van der Waals surface area contributed by atoms with Crippen LogP contribution in [0.2, 0.25) is 0 Å². The number of alkyl halides is 1. The fourth-order valence-electron chi connectivity index (χ4n) is 1.60. The first-order valence-corrected chi connectivity index (χ1v) is 4.88. The van der Waals surface area contributed by atoms with Crippen LogP contribution in [0.5, 0.6) is 0 Å². The van der Waals surface area contributed by atoms with Crippen LogP contribution in [-0.2, 0) is 19.4 Å². The molecule has 0 aliphatic heterocycles. The number of hydrogen-bond donors (Lipinski definition) is 0. The van der Waals surface area contributed by atoms with Crippen molar-refractivity contribution in [2.45, 2.75) is 33.2 Å². The van der Waals surface area contributed by atoms with Gasteiger partial charge in [0.15, 0.2) is 6.29 Å². The van der Waals surface area contributed by atoms with E-state index in [-0.39, 0.29) is 6.54 Å². The van der Waals surface area contributed by atoms with E-state index < -0.39 is 6.67 Å². The third-order valence-electron chi connectivity index (χ3n) is 2.26. The highest BCUT2D eigenvalue weighted by Gasteiger charge is 2.13. The van der Waals surface area contributed by atoms with E-state index in [0.717, 1.165) is 17.7 Å². The number of aryl methyl sites for hydroxylation is 2. The van der Waals surface area contributed by atoms with Crippen LogP contribution in [-0.4, -0.2) is 22.7 Å². The van der Waals surface area contributed by atoms with Crippen LogP contribution < -0.4 is 0 Å². The molecule has 0 N–H and O–H groups in total. The second-order valence-corrected chi connectivity index (χ2v) is 3.04. The van der Waals surface area contributed by atoms with E-state index in [9.17, 15) is 9.18 Å². The van der Waals surface area contributed by atoms with Gasteiger partial charge in [-0.2, -0.15) is 5.10 Å². The molecule has 0 amide bonds. The van der Waals surface area contributed by atoms with Gasteiger partial charge in [-0.1, -0.05) is 13.8 Å². The zero-order valence-electron chi connectivity index (χ0n) is 8.59. The summed E-state index contributed by atoms with van der Waals surface area (Å²) in [7, 11) is 0. The summed E-state index contributed by atoms with van der Waals surface area (Å²) in [5.41, 5.74) is 2.25. The molecule has 1 rings (SSSR count). The Morgan fingerprint density at radius 3 is 2.57 bits per heavy atom. The summed E-state index contributed by atoms with van der Waals surface area (Å²) in [6.45, 7) is 3.67. The molecule has 0 aliphatic carbocycles. The predicted octanol–water partition coefficient (Wildman–Crippen LogP) is 1.79. The van der Waals surface area contributed by atoms with Gasteiger partial charge in [0.2, 0.25) is 0 Å². The lowest BCUT2D eigenvalue weighted by Gasteiger charge is -2.01. The summed E-state index contributed by atoms with van der Waals surface area (Å²) in [5, 5.41) is 4.21. The van der Waals surface area contributed by atoms with E-state index in [1.54, 1.807) is 4.68 Å². The smallest absolute Gasteiger partial charge is 0.153 e. The number of aldehydes is 1. The van der Waals surface area contributed by atoms with Crippen molar-refractivity contribution in [2.24, 2.45) is 0 Å². The lowest BCUT2D eigenvalue weighted by Crippen LogP contribution is -2.06. The van der Waals surface area contributed by atoms with Crippen molar-refractivity contribution in [2.75, 3.05) is 6.67 Å². The number of rotatable bonds is 5. The number of halogens is 1. The molecule has 0 bridgehead atoms. The maximum atomic E-state index is 12.2. The van der Waals surface area contributed by atoms with Crippen LogP contribution in [0.4, 0.5) is 4.39 Å². The molecule has 0 aliphatic rings. The lowest BCUT2D eigenvalue weighted by atomic mass is 10.1. The van der Waals surface area contributed by atoms with Crippen molar-refractivity contribution in [3.63, 3.8) is 0 Å². The molecule has 1 heterocycles. The summed E-state index contributed by atoms with van der Waals surface area (Å²) in [5.74, 6) is 0. The van der Waals surface area contributed by atoms with Gasteiger partial charge < -0.3 is 0 Å². The van der Waals surface area contributed by atoms with Gasteiger partial charge in [0, 0.05) is 5.69 Å². The molecule has 14 heavy (non-hydrogen) atoms. The highest BCUT2D eigenvalue weighted by atomic mass is 19.1. The van der Waals surface area contributed by atoms with Crippen molar-refractivity contribution in [3.05, 3.63) is 17.0 Å². The lowest BCUT2D eigenvalue weighted by molar-refractivity contribution is 0.112. The zero-order valence-corrected chi connectivity index (χ0v) is 8.59. The Balaban J connectivity index is 3.16. The predicted molar refractivity (Wildman–Crippen MR) is 52.3 cm³/mol. The molecule has 0 saturated carbocycles. The van der Waals surface area contributed by atoms with Crippen LogP contribution in [0.25, 0.3) is 0 Å². The number of aromatic nitrogens is 2. The van der Waals surface area contributed by atoms with E-state index >= 15 is 0 Å². The molecule has 0 saturated heterocycles. The number of carbonyl (C=O) groups is 1. The average molecular weight is 198 g/mol. The van der Waals surface area contributed by atoms with E-state index in [4.69, 9.17) is 0 Å². The number of carbonyl (C=O) groups excluding carboxylic acids is 1. The van der Waals surface area contributed by atoms with Crippen LogP contribution in [0, 0.1) is 0 Å². The fourth-order valence-corrected chi connectivity index (χ4v) is 1.60. The topological polar surface area (TPSA) is 34.9 Å². The van der Waals surface area contributed by atoms with Crippen LogP contribution in [0.1, 0.15) is 35.6 Å². The molecule has 78 valence electrons. The molecule has 0 radical (unpaired) electrons. The maximum Gasteiger partial charge on any atom is 0.153 e. The second-order valence-electron chi connectivity index (χ2n) is 3.04. The van der Waals surface area contributed by atoms with Crippen molar-refractivity contribution in [1.82, 2.24) is 9.78 Å². The molecular weight excluding hydrogens is 183 g/mol. The zero-order chi connectivity index (χ0) is 10.6. The maximum absolute atomic E-state index is 12.2. The van der Waals surface area contributed by atoms with E-state index in [0.29, 0.717) is 18.4 Å². The van der Waals surface area contributed by atoms with Gasteiger partial charge in [-0.3, -0.25) is 9.48 Å². The fraction of sp³-hybridized carbons (Fsp3) is 0.600. The van der Waals surface area contributed by atoms with Gasteiger partial charge in [-0.25, -0.2) is 4.39 Å². The van der Waals surface area contributed by atoms with Crippen LogP contribution in [0.15, 0.2) is 0 Å². The van der Waals surface area contributed by atoms with Gasteiger partial charge >= 0.3 is 0 Å². The van der Waals surface area contributed by atoms with Crippen molar-refractivity contribution < 1.29 is 9.18 Å². The van der Waals surface area contributed by atoms with Crippen molar-refractivity contribution in [3.8, 4) is 0 Å². The molecule has 0 unspecified atom stereocenters.